The summed E-state index contributed by atoms with van der Waals surface area (Å²) in [6.45, 7) is 2.41. The van der Waals surface area contributed by atoms with Crippen molar-refractivity contribution in [1.82, 2.24) is 4.90 Å². The van der Waals surface area contributed by atoms with E-state index in [1.54, 1.807) is 0 Å². The standard InChI is InChI=1S/C8H16N2.2ClH/c9-7-4-5-10(6-7)8-2-1-3-8;;/h7-8H,1-6,9H2;2*1H/t7-;;/m1../s1. The minimum Gasteiger partial charge on any atom is -0.326 e. The highest BCUT2D eigenvalue weighted by Gasteiger charge is 2.29. The maximum atomic E-state index is 5.80. The number of nitrogens with two attached hydrogens (primary N) is 1. The summed E-state index contributed by atoms with van der Waals surface area (Å²) in [4.78, 5) is 2.56. The van der Waals surface area contributed by atoms with Crippen LogP contribution in [0.2, 0.25) is 0 Å². The summed E-state index contributed by atoms with van der Waals surface area (Å²) in [6, 6.07) is 1.38. The van der Waals surface area contributed by atoms with Crippen molar-refractivity contribution >= 4 is 24.8 Å². The predicted octanol–water partition coefficient (Wildman–Crippen LogP) is 1.42. The summed E-state index contributed by atoms with van der Waals surface area (Å²) in [7, 11) is 0. The monoisotopic (exact) mass is 212 g/mol. The van der Waals surface area contributed by atoms with Gasteiger partial charge < -0.3 is 5.73 Å². The Morgan fingerprint density at radius 3 is 2.08 bits per heavy atom. The molecule has 0 unspecified atom stereocenters. The van der Waals surface area contributed by atoms with Gasteiger partial charge in [0.2, 0.25) is 0 Å². The summed E-state index contributed by atoms with van der Waals surface area (Å²) in [5, 5.41) is 0. The largest absolute Gasteiger partial charge is 0.326 e. The fourth-order valence-corrected chi connectivity index (χ4v) is 1.90. The average molecular weight is 213 g/mol. The van der Waals surface area contributed by atoms with Gasteiger partial charge in [-0.05, 0) is 19.3 Å². The van der Waals surface area contributed by atoms with Crippen molar-refractivity contribution in [3.05, 3.63) is 0 Å². The lowest BCUT2D eigenvalue weighted by Crippen LogP contribution is -2.39. The highest BCUT2D eigenvalue weighted by atomic mass is 35.5. The zero-order valence-electron chi connectivity index (χ0n) is 7.24. The van der Waals surface area contributed by atoms with Gasteiger partial charge in [-0.1, -0.05) is 6.42 Å². The molecule has 2 N–H and O–H groups in total. The molecule has 1 atom stereocenters. The van der Waals surface area contributed by atoms with Crippen LogP contribution in [-0.2, 0) is 0 Å². The minimum absolute atomic E-state index is 0. The molecule has 4 heteroatoms. The second kappa shape index (κ2) is 5.28. The highest BCUT2D eigenvalue weighted by molar-refractivity contribution is 5.85. The van der Waals surface area contributed by atoms with E-state index in [4.69, 9.17) is 5.73 Å². The van der Waals surface area contributed by atoms with Crippen LogP contribution in [0.25, 0.3) is 0 Å². The molecule has 0 spiro atoms. The Balaban J connectivity index is 0.000000605. The fraction of sp³-hybridized carbons (Fsp3) is 1.00. The van der Waals surface area contributed by atoms with Crippen LogP contribution in [0.15, 0.2) is 0 Å². The van der Waals surface area contributed by atoms with Gasteiger partial charge in [-0.3, -0.25) is 4.90 Å². The zero-order chi connectivity index (χ0) is 6.97. The van der Waals surface area contributed by atoms with Crippen LogP contribution < -0.4 is 5.73 Å². The van der Waals surface area contributed by atoms with Gasteiger partial charge in [0.05, 0.1) is 0 Å². The van der Waals surface area contributed by atoms with Crippen molar-refractivity contribution in [2.45, 2.75) is 37.8 Å². The third-order valence-corrected chi connectivity index (χ3v) is 2.85. The number of hydrogen-bond donors (Lipinski definition) is 1. The Labute approximate surface area is 86.7 Å². The van der Waals surface area contributed by atoms with E-state index in [2.05, 4.69) is 4.90 Å². The lowest BCUT2D eigenvalue weighted by Gasteiger charge is -2.34. The Hall–Kier alpha value is 0.500. The maximum absolute atomic E-state index is 5.80. The first-order chi connectivity index (χ1) is 4.86. The van der Waals surface area contributed by atoms with E-state index in [-0.39, 0.29) is 24.8 Å². The molecule has 1 aliphatic heterocycles. The number of hydrogen-bond acceptors (Lipinski definition) is 2. The van der Waals surface area contributed by atoms with Crippen molar-refractivity contribution in [2.24, 2.45) is 5.73 Å². The number of likely N-dealkylation sites (tertiary alicyclic amines) is 1. The van der Waals surface area contributed by atoms with Gasteiger partial charge in [0.25, 0.3) is 0 Å². The number of rotatable bonds is 1. The van der Waals surface area contributed by atoms with Crippen molar-refractivity contribution in [2.75, 3.05) is 13.1 Å². The SMILES string of the molecule is Cl.Cl.N[C@@H]1CCN(C2CCC2)C1. The van der Waals surface area contributed by atoms with Gasteiger partial charge in [0, 0.05) is 25.2 Å². The molecule has 12 heavy (non-hydrogen) atoms. The third-order valence-electron chi connectivity index (χ3n) is 2.85. The van der Waals surface area contributed by atoms with Crippen LogP contribution in [0.3, 0.4) is 0 Å². The highest BCUT2D eigenvalue weighted by Crippen LogP contribution is 2.27. The van der Waals surface area contributed by atoms with Crippen molar-refractivity contribution in [3.8, 4) is 0 Å². The molecule has 1 saturated carbocycles. The van der Waals surface area contributed by atoms with E-state index < -0.39 is 0 Å². The van der Waals surface area contributed by atoms with Crippen LogP contribution in [-0.4, -0.2) is 30.1 Å². The van der Waals surface area contributed by atoms with E-state index >= 15 is 0 Å². The molecule has 2 nitrogen and oxygen atoms in total. The molecule has 74 valence electrons. The van der Waals surface area contributed by atoms with E-state index in [0.29, 0.717) is 6.04 Å². The van der Waals surface area contributed by atoms with Crippen molar-refractivity contribution in [1.29, 1.82) is 0 Å². The second-order valence-electron chi connectivity index (χ2n) is 3.63. The van der Waals surface area contributed by atoms with Gasteiger partial charge in [-0.25, -0.2) is 0 Å². The predicted molar refractivity (Wildman–Crippen MR) is 56.3 cm³/mol. The normalized spacial score (nSPS) is 30.2. The lowest BCUT2D eigenvalue weighted by molar-refractivity contribution is 0.157. The third kappa shape index (κ3) is 2.49. The molecule has 0 bridgehead atoms. The number of nitrogens with zero attached hydrogens (tertiary/aromatic N) is 1. The van der Waals surface area contributed by atoms with Gasteiger partial charge in [-0.2, -0.15) is 0 Å². The molecule has 0 radical (unpaired) electrons. The lowest BCUT2D eigenvalue weighted by atomic mass is 9.92. The first-order valence-electron chi connectivity index (χ1n) is 4.36. The topological polar surface area (TPSA) is 29.3 Å². The molecular formula is C8H18Cl2N2. The number of halogens is 2. The second-order valence-corrected chi connectivity index (χ2v) is 3.63. The molecular weight excluding hydrogens is 195 g/mol. The zero-order valence-corrected chi connectivity index (χ0v) is 8.87. The average Bonchev–Trinajstić information content (AvgIpc) is 2.10. The van der Waals surface area contributed by atoms with Gasteiger partial charge in [-0.15, -0.1) is 24.8 Å². The Morgan fingerprint density at radius 1 is 1.08 bits per heavy atom. The van der Waals surface area contributed by atoms with Crippen molar-refractivity contribution in [3.63, 3.8) is 0 Å². The van der Waals surface area contributed by atoms with Crippen LogP contribution in [0, 0.1) is 0 Å². The summed E-state index contributed by atoms with van der Waals surface area (Å²) >= 11 is 0. The molecule has 0 aromatic heterocycles. The quantitative estimate of drug-likeness (QED) is 0.713. The summed E-state index contributed by atoms with van der Waals surface area (Å²) in [5.41, 5.74) is 5.80. The summed E-state index contributed by atoms with van der Waals surface area (Å²) in [6.07, 6.45) is 5.51. The van der Waals surface area contributed by atoms with Crippen LogP contribution in [0.4, 0.5) is 0 Å². The molecule has 0 amide bonds. The van der Waals surface area contributed by atoms with Crippen LogP contribution in [0.1, 0.15) is 25.7 Å². The van der Waals surface area contributed by atoms with Crippen LogP contribution in [0.5, 0.6) is 0 Å². The summed E-state index contributed by atoms with van der Waals surface area (Å²) < 4.78 is 0. The first kappa shape index (κ1) is 12.5. The van der Waals surface area contributed by atoms with E-state index in [9.17, 15) is 0 Å². The Morgan fingerprint density at radius 2 is 1.75 bits per heavy atom. The Kier molecular flexibility index (Phi) is 5.50. The molecule has 2 rings (SSSR count). The van der Waals surface area contributed by atoms with Gasteiger partial charge in [0.1, 0.15) is 0 Å². The molecule has 2 fully saturated rings. The molecule has 1 saturated heterocycles. The molecule has 1 aliphatic carbocycles. The fourth-order valence-electron chi connectivity index (χ4n) is 1.90. The van der Waals surface area contributed by atoms with Crippen molar-refractivity contribution < 1.29 is 0 Å². The molecule has 1 heterocycles. The molecule has 2 aliphatic rings. The first-order valence-corrected chi connectivity index (χ1v) is 4.36. The Bertz CT molecular complexity index is 128. The van der Waals surface area contributed by atoms with Crippen LogP contribution >= 0.6 is 24.8 Å². The summed E-state index contributed by atoms with van der Waals surface area (Å²) in [5.74, 6) is 0. The van der Waals surface area contributed by atoms with E-state index in [0.717, 1.165) is 12.6 Å². The molecule has 0 aromatic carbocycles. The van der Waals surface area contributed by atoms with Gasteiger partial charge in [0.15, 0.2) is 0 Å². The minimum atomic E-state index is 0. The molecule has 0 aromatic rings. The van der Waals surface area contributed by atoms with E-state index in [1.807, 2.05) is 0 Å². The van der Waals surface area contributed by atoms with E-state index in [1.165, 1.54) is 32.2 Å². The maximum Gasteiger partial charge on any atom is 0.0180 e. The smallest absolute Gasteiger partial charge is 0.0180 e. The van der Waals surface area contributed by atoms with Gasteiger partial charge >= 0.3 is 0 Å².